The second kappa shape index (κ2) is 20.4. The largest absolute Gasteiger partial charge is 0.472 e. The Bertz CT molecular complexity index is 557. The third-order valence-electron chi connectivity index (χ3n) is 4.76. The Hall–Kier alpha value is -1.03. The van der Waals surface area contributed by atoms with E-state index in [0.717, 1.165) is 51.4 Å². The summed E-state index contributed by atoms with van der Waals surface area (Å²) in [6.45, 7) is 2.10. The molecule has 33 heavy (non-hydrogen) atoms. The van der Waals surface area contributed by atoms with Gasteiger partial charge < -0.3 is 24.6 Å². The van der Waals surface area contributed by atoms with E-state index in [0.29, 0.717) is 12.8 Å². The van der Waals surface area contributed by atoms with Crippen molar-refractivity contribution >= 4 is 19.8 Å². The predicted molar refractivity (Wildman–Crippen MR) is 122 cm³/mol. The molecule has 0 rings (SSSR count). The summed E-state index contributed by atoms with van der Waals surface area (Å²) in [5.74, 6) is -0.957. The Morgan fingerprint density at radius 2 is 1.30 bits per heavy atom. The molecule has 0 aromatic rings. The lowest BCUT2D eigenvalue weighted by molar-refractivity contribution is -0.161. The summed E-state index contributed by atoms with van der Waals surface area (Å²) in [6.07, 6.45) is 7.65. The number of esters is 2. The molecule has 10 nitrogen and oxygen atoms in total. The van der Waals surface area contributed by atoms with Crippen molar-refractivity contribution in [3.63, 3.8) is 0 Å². The Morgan fingerprint density at radius 3 is 1.85 bits per heavy atom. The van der Waals surface area contributed by atoms with Crippen molar-refractivity contribution < 1.29 is 47.8 Å². The number of carbonyl (C=O) groups is 2. The molecule has 0 fully saturated rings. The van der Waals surface area contributed by atoms with Gasteiger partial charge in [0.15, 0.2) is 6.10 Å². The van der Waals surface area contributed by atoms with Gasteiger partial charge in [-0.15, -0.1) is 0 Å². The minimum Gasteiger partial charge on any atom is -0.462 e. The van der Waals surface area contributed by atoms with Gasteiger partial charge in [0, 0.05) is 12.8 Å². The van der Waals surface area contributed by atoms with Crippen LogP contribution in [0.25, 0.3) is 0 Å². The molecule has 0 saturated carbocycles. The van der Waals surface area contributed by atoms with Crippen molar-refractivity contribution in [3.8, 4) is 0 Å². The van der Waals surface area contributed by atoms with Gasteiger partial charge >= 0.3 is 19.8 Å². The summed E-state index contributed by atoms with van der Waals surface area (Å²) < 4.78 is 31.8. The van der Waals surface area contributed by atoms with E-state index in [1.165, 1.54) is 0 Å². The van der Waals surface area contributed by atoms with Crippen LogP contribution in [0.5, 0.6) is 0 Å². The summed E-state index contributed by atoms with van der Waals surface area (Å²) in [4.78, 5) is 33.8. The lowest BCUT2D eigenvalue weighted by Gasteiger charge is -2.20. The van der Waals surface area contributed by atoms with Crippen LogP contribution in [0.2, 0.25) is 0 Å². The number of carbonyl (C=O) groups excluding carboxylic acids is 2. The molecule has 0 aromatic carbocycles. The molecule has 0 radical (unpaired) electrons. The molecule has 2 unspecified atom stereocenters. The van der Waals surface area contributed by atoms with Gasteiger partial charge in [0.05, 0.1) is 19.8 Å². The first-order chi connectivity index (χ1) is 15.7. The maximum Gasteiger partial charge on any atom is 0.472 e. The minimum atomic E-state index is -4.57. The molecule has 0 spiro atoms. The van der Waals surface area contributed by atoms with E-state index in [2.05, 4.69) is 18.4 Å². The molecule has 0 aliphatic heterocycles. The number of hydrogen-bond acceptors (Lipinski definition) is 9. The van der Waals surface area contributed by atoms with E-state index in [1.54, 1.807) is 0 Å². The molecule has 3 atom stereocenters. The molecule has 0 heterocycles. The second-order valence-corrected chi connectivity index (χ2v) is 9.47. The number of unbranched alkanes of at least 4 members (excludes halogenated alkanes) is 8. The molecule has 3 N–H and O–H groups in total. The zero-order valence-corrected chi connectivity index (χ0v) is 21.0. The normalized spacial score (nSPS) is 14.9. The van der Waals surface area contributed by atoms with Crippen LogP contribution in [0, 0.1) is 0 Å². The topological polar surface area (TPSA) is 149 Å². The van der Waals surface area contributed by atoms with Crippen molar-refractivity contribution in [3.05, 3.63) is 0 Å². The molecule has 0 aliphatic carbocycles. The molecule has 0 saturated heterocycles. The van der Waals surface area contributed by atoms with Gasteiger partial charge in [-0.3, -0.25) is 18.6 Å². The number of aliphatic hydroxyl groups is 2. The highest BCUT2D eigenvalue weighted by atomic mass is 31.2. The van der Waals surface area contributed by atoms with Gasteiger partial charge in [0.25, 0.3) is 0 Å². The van der Waals surface area contributed by atoms with Crippen molar-refractivity contribution in [1.82, 2.24) is 0 Å². The van der Waals surface area contributed by atoms with E-state index in [9.17, 15) is 24.2 Å². The lowest BCUT2D eigenvalue weighted by Crippen LogP contribution is -2.29. The van der Waals surface area contributed by atoms with E-state index >= 15 is 0 Å². The maximum atomic E-state index is 12.1. The number of aliphatic hydroxyl groups excluding tert-OH is 2. The number of hydrogen-bond donors (Lipinski definition) is 3. The smallest absolute Gasteiger partial charge is 0.462 e. The molecule has 11 heteroatoms. The monoisotopic (exact) mass is 498 g/mol. The van der Waals surface area contributed by atoms with Crippen LogP contribution in [-0.2, 0) is 32.7 Å². The summed E-state index contributed by atoms with van der Waals surface area (Å²) in [6, 6.07) is 0. The number of ether oxygens (including phenoxy) is 2. The summed E-state index contributed by atoms with van der Waals surface area (Å²) >= 11 is 0. The molecule has 0 aliphatic rings. The van der Waals surface area contributed by atoms with Crippen molar-refractivity contribution in [1.29, 1.82) is 0 Å². The van der Waals surface area contributed by atoms with E-state index in [-0.39, 0.29) is 19.4 Å². The van der Waals surface area contributed by atoms with Crippen LogP contribution in [0.15, 0.2) is 0 Å². The molecular weight excluding hydrogens is 455 g/mol. The summed E-state index contributed by atoms with van der Waals surface area (Å²) in [5, 5.41) is 18.0. The first-order valence-electron chi connectivity index (χ1n) is 12.0. The average Bonchev–Trinajstić information content (AvgIpc) is 2.79. The zero-order valence-electron chi connectivity index (χ0n) is 20.1. The third-order valence-corrected chi connectivity index (χ3v) is 5.71. The summed E-state index contributed by atoms with van der Waals surface area (Å²) in [5.41, 5.74) is 0. The standard InChI is InChI=1S/C22H43O10P/c1-3-5-7-9-11-13-21(25)29-17-20(32-22(26)14-12-10-8-6-4-2)18-31-33(27,28)30-16-19(24)15-23/h19-20,23-24H,3-18H2,1-2H3,(H,27,28)/t19-,20?/m0/s1. The van der Waals surface area contributed by atoms with Crippen LogP contribution >= 0.6 is 7.82 Å². The fraction of sp³-hybridized carbons (Fsp3) is 0.909. The minimum absolute atomic E-state index is 0.182. The summed E-state index contributed by atoms with van der Waals surface area (Å²) in [7, 11) is -4.57. The van der Waals surface area contributed by atoms with Crippen molar-refractivity contribution in [2.45, 2.75) is 103 Å². The van der Waals surface area contributed by atoms with Crippen LogP contribution in [0.4, 0.5) is 0 Å². The quantitative estimate of drug-likeness (QED) is 0.115. The lowest BCUT2D eigenvalue weighted by atomic mass is 10.1. The van der Waals surface area contributed by atoms with Gasteiger partial charge in [-0.25, -0.2) is 4.57 Å². The predicted octanol–water partition coefficient (Wildman–Crippen LogP) is 3.65. The Labute approximate surface area is 197 Å². The number of phosphoric acid groups is 1. The fourth-order valence-electron chi connectivity index (χ4n) is 2.81. The van der Waals surface area contributed by atoms with Crippen LogP contribution in [0.1, 0.15) is 90.9 Å². The number of phosphoric ester groups is 1. The second-order valence-electron chi connectivity index (χ2n) is 8.02. The highest BCUT2D eigenvalue weighted by Gasteiger charge is 2.27. The van der Waals surface area contributed by atoms with E-state index in [4.69, 9.17) is 19.1 Å². The average molecular weight is 499 g/mol. The third kappa shape index (κ3) is 20.1. The van der Waals surface area contributed by atoms with Crippen LogP contribution in [-0.4, -0.2) is 65.7 Å². The zero-order chi connectivity index (χ0) is 25.0. The molecule has 0 bridgehead atoms. The first kappa shape index (κ1) is 32.0. The van der Waals surface area contributed by atoms with Crippen molar-refractivity contribution in [2.75, 3.05) is 26.4 Å². The fourth-order valence-corrected chi connectivity index (χ4v) is 3.60. The highest BCUT2D eigenvalue weighted by molar-refractivity contribution is 7.47. The SMILES string of the molecule is CCCCCCCC(=O)OCC(COP(=O)(O)OC[C@@H](O)CO)OC(=O)CCCCCCC. The van der Waals surface area contributed by atoms with Gasteiger partial charge in [-0.05, 0) is 12.8 Å². The van der Waals surface area contributed by atoms with E-state index < -0.39 is 51.8 Å². The Kier molecular flexibility index (Phi) is 19.7. The van der Waals surface area contributed by atoms with Crippen LogP contribution in [0.3, 0.4) is 0 Å². The highest BCUT2D eigenvalue weighted by Crippen LogP contribution is 2.43. The maximum absolute atomic E-state index is 12.1. The van der Waals surface area contributed by atoms with E-state index in [1.807, 2.05) is 0 Å². The molecule has 196 valence electrons. The van der Waals surface area contributed by atoms with Gasteiger partial charge in [0.2, 0.25) is 0 Å². The van der Waals surface area contributed by atoms with Gasteiger partial charge in [-0.2, -0.15) is 0 Å². The molecular formula is C22H43O10P. The van der Waals surface area contributed by atoms with Crippen molar-refractivity contribution in [2.24, 2.45) is 0 Å². The van der Waals surface area contributed by atoms with Crippen LogP contribution < -0.4 is 0 Å². The van der Waals surface area contributed by atoms with Gasteiger partial charge in [-0.1, -0.05) is 65.2 Å². The molecule has 0 amide bonds. The first-order valence-corrected chi connectivity index (χ1v) is 13.5. The molecule has 0 aromatic heterocycles. The van der Waals surface area contributed by atoms with Gasteiger partial charge in [0.1, 0.15) is 12.7 Å². The Balaban J connectivity index is 4.60. The Morgan fingerprint density at radius 1 is 0.788 bits per heavy atom. The number of rotatable bonds is 22.